The van der Waals surface area contributed by atoms with Crippen LogP contribution >= 0.6 is 22.9 Å². The Hall–Kier alpha value is -0.580. The zero-order valence-electron chi connectivity index (χ0n) is 10.4. The van der Waals surface area contributed by atoms with Crippen LogP contribution in [0.5, 0.6) is 0 Å². The Kier molecular flexibility index (Phi) is 4.98. The third-order valence-corrected chi connectivity index (χ3v) is 4.19. The van der Waals surface area contributed by atoms with Crippen molar-refractivity contribution in [3.05, 3.63) is 21.3 Å². The van der Waals surface area contributed by atoms with Crippen molar-refractivity contribution in [1.29, 1.82) is 0 Å². The van der Waals surface area contributed by atoms with Gasteiger partial charge in [0.1, 0.15) is 0 Å². The van der Waals surface area contributed by atoms with E-state index in [1.807, 2.05) is 31.0 Å². The van der Waals surface area contributed by atoms with E-state index in [0.29, 0.717) is 13.0 Å². The molecule has 0 bridgehead atoms. The summed E-state index contributed by atoms with van der Waals surface area (Å²) in [5, 5.41) is 9.21. The van der Waals surface area contributed by atoms with Crippen LogP contribution < -0.4 is 0 Å². The molecule has 1 unspecified atom stereocenters. The van der Waals surface area contributed by atoms with E-state index in [9.17, 15) is 9.90 Å². The molecule has 1 N–H and O–H groups in total. The van der Waals surface area contributed by atoms with Gasteiger partial charge in [0.2, 0.25) is 0 Å². The Morgan fingerprint density at radius 1 is 1.59 bits per heavy atom. The number of nitrogens with zero attached hydrogens (tertiary/aromatic N) is 1. The maximum absolute atomic E-state index is 11.2. The summed E-state index contributed by atoms with van der Waals surface area (Å²) < 4.78 is 0.768. The first-order chi connectivity index (χ1) is 7.87. The highest BCUT2D eigenvalue weighted by Crippen LogP contribution is 2.26. The molecule has 1 aromatic rings. The second-order valence-corrected chi connectivity index (χ2v) is 6.40. The molecule has 0 saturated heterocycles. The van der Waals surface area contributed by atoms with Crippen molar-refractivity contribution in [2.45, 2.75) is 26.8 Å². The highest BCUT2D eigenvalue weighted by atomic mass is 35.5. The first-order valence-electron chi connectivity index (χ1n) is 5.53. The molecule has 3 nitrogen and oxygen atoms in total. The summed E-state index contributed by atoms with van der Waals surface area (Å²) in [5.74, 6) is -0.740. The molecular weight excluding hydrogens is 258 g/mol. The highest BCUT2D eigenvalue weighted by Gasteiger charge is 2.32. The van der Waals surface area contributed by atoms with E-state index in [2.05, 4.69) is 0 Å². The molecule has 0 saturated carbocycles. The van der Waals surface area contributed by atoms with Gasteiger partial charge < -0.3 is 10.0 Å². The summed E-state index contributed by atoms with van der Waals surface area (Å²) in [4.78, 5) is 14.4. The van der Waals surface area contributed by atoms with Crippen molar-refractivity contribution < 1.29 is 9.90 Å². The average molecular weight is 276 g/mol. The smallest absolute Gasteiger partial charge is 0.310 e. The summed E-state index contributed by atoms with van der Waals surface area (Å²) in [6.45, 7) is 4.96. The molecule has 1 aromatic heterocycles. The van der Waals surface area contributed by atoms with Crippen molar-refractivity contribution in [1.82, 2.24) is 4.90 Å². The lowest BCUT2D eigenvalue weighted by Gasteiger charge is -2.28. The Labute approximate surface area is 111 Å². The highest BCUT2D eigenvalue weighted by molar-refractivity contribution is 7.16. The van der Waals surface area contributed by atoms with Gasteiger partial charge in [-0.25, -0.2) is 0 Å². The van der Waals surface area contributed by atoms with Crippen LogP contribution in [0.25, 0.3) is 0 Å². The van der Waals surface area contributed by atoms with Crippen LogP contribution in [0.1, 0.15) is 25.1 Å². The molecule has 17 heavy (non-hydrogen) atoms. The van der Waals surface area contributed by atoms with E-state index in [-0.39, 0.29) is 0 Å². The summed E-state index contributed by atoms with van der Waals surface area (Å²) in [7, 11) is 1.93. The zero-order valence-corrected chi connectivity index (χ0v) is 11.9. The number of halogens is 1. The normalized spacial score (nSPS) is 14.9. The quantitative estimate of drug-likeness (QED) is 0.866. The number of carboxylic acids is 1. The number of hydrogen-bond acceptors (Lipinski definition) is 3. The number of rotatable bonds is 6. The van der Waals surface area contributed by atoms with Gasteiger partial charge in [-0.15, -0.1) is 11.3 Å². The lowest BCUT2D eigenvalue weighted by Crippen LogP contribution is -2.38. The van der Waals surface area contributed by atoms with Crippen LogP contribution in [-0.2, 0) is 11.3 Å². The molecule has 0 aliphatic heterocycles. The third kappa shape index (κ3) is 3.98. The molecule has 1 atom stereocenters. The van der Waals surface area contributed by atoms with E-state index < -0.39 is 11.4 Å². The summed E-state index contributed by atoms with van der Waals surface area (Å²) in [6, 6.07) is 3.85. The van der Waals surface area contributed by atoms with Crippen molar-refractivity contribution in [2.24, 2.45) is 5.41 Å². The predicted octanol–water partition coefficient (Wildman–Crippen LogP) is 3.33. The topological polar surface area (TPSA) is 40.5 Å². The molecule has 0 fully saturated rings. The van der Waals surface area contributed by atoms with Gasteiger partial charge in [0.25, 0.3) is 0 Å². The van der Waals surface area contributed by atoms with Gasteiger partial charge in [0, 0.05) is 18.0 Å². The molecule has 0 aliphatic carbocycles. The summed E-state index contributed by atoms with van der Waals surface area (Å²) in [6.07, 6.45) is 0.623. The standard InChI is InChI=1S/C12H18ClNO2S/c1-4-12(2,11(15)16)8-14(3)7-9-5-6-10(13)17-9/h5-6H,4,7-8H2,1-3H3,(H,15,16). The maximum Gasteiger partial charge on any atom is 0.310 e. The number of aliphatic carboxylic acids is 1. The molecule has 0 aliphatic rings. The zero-order chi connectivity index (χ0) is 13.1. The van der Waals surface area contributed by atoms with Crippen molar-refractivity contribution in [3.63, 3.8) is 0 Å². The van der Waals surface area contributed by atoms with Gasteiger partial charge in [-0.2, -0.15) is 0 Å². The number of thiophene rings is 1. The van der Waals surface area contributed by atoms with E-state index in [1.165, 1.54) is 11.3 Å². The van der Waals surface area contributed by atoms with E-state index in [4.69, 9.17) is 11.6 Å². The molecule has 0 radical (unpaired) electrons. The SMILES string of the molecule is CCC(C)(CN(C)Cc1ccc(Cl)s1)C(=O)O. The van der Waals surface area contributed by atoms with Crippen molar-refractivity contribution in [3.8, 4) is 0 Å². The van der Waals surface area contributed by atoms with Gasteiger partial charge >= 0.3 is 5.97 Å². The van der Waals surface area contributed by atoms with Crippen LogP contribution in [-0.4, -0.2) is 29.6 Å². The van der Waals surface area contributed by atoms with Gasteiger partial charge in [0.05, 0.1) is 9.75 Å². The van der Waals surface area contributed by atoms with Gasteiger partial charge in [-0.1, -0.05) is 18.5 Å². The van der Waals surface area contributed by atoms with Gasteiger partial charge in [-0.3, -0.25) is 4.79 Å². The van der Waals surface area contributed by atoms with Crippen LogP contribution in [0.3, 0.4) is 0 Å². The van der Waals surface area contributed by atoms with Crippen molar-refractivity contribution >= 4 is 28.9 Å². The minimum Gasteiger partial charge on any atom is -0.481 e. The van der Waals surface area contributed by atoms with Gasteiger partial charge in [0.15, 0.2) is 0 Å². The molecule has 1 heterocycles. The first kappa shape index (κ1) is 14.5. The molecular formula is C12H18ClNO2S. The maximum atomic E-state index is 11.2. The molecule has 0 spiro atoms. The predicted molar refractivity (Wildman–Crippen MR) is 71.7 cm³/mol. The number of carboxylic acid groups (broad SMARTS) is 1. The Morgan fingerprint density at radius 3 is 2.65 bits per heavy atom. The lowest BCUT2D eigenvalue weighted by molar-refractivity contribution is -0.149. The van der Waals surface area contributed by atoms with Crippen LogP contribution in [0.2, 0.25) is 4.34 Å². The fourth-order valence-electron chi connectivity index (χ4n) is 1.69. The minimum absolute atomic E-state index is 0.536. The molecule has 0 aromatic carbocycles. The monoisotopic (exact) mass is 275 g/mol. The Bertz CT molecular complexity index is 394. The molecule has 96 valence electrons. The Balaban J connectivity index is 2.59. The number of hydrogen-bond donors (Lipinski definition) is 1. The average Bonchev–Trinajstić information content (AvgIpc) is 2.63. The lowest BCUT2D eigenvalue weighted by atomic mass is 9.87. The molecule has 0 amide bonds. The Morgan fingerprint density at radius 2 is 2.24 bits per heavy atom. The fourth-order valence-corrected chi connectivity index (χ4v) is 2.85. The number of carbonyl (C=O) groups is 1. The van der Waals surface area contributed by atoms with Gasteiger partial charge in [-0.05, 0) is 32.5 Å². The second kappa shape index (κ2) is 5.85. The molecule has 5 heteroatoms. The molecule has 1 rings (SSSR count). The summed E-state index contributed by atoms with van der Waals surface area (Å²) >= 11 is 7.39. The summed E-state index contributed by atoms with van der Waals surface area (Å²) in [5.41, 5.74) is -0.685. The minimum atomic E-state index is -0.740. The van der Waals surface area contributed by atoms with Crippen LogP contribution in [0.15, 0.2) is 12.1 Å². The van der Waals surface area contributed by atoms with Crippen LogP contribution in [0, 0.1) is 5.41 Å². The first-order valence-corrected chi connectivity index (χ1v) is 6.73. The van der Waals surface area contributed by atoms with E-state index >= 15 is 0 Å². The fraction of sp³-hybridized carbons (Fsp3) is 0.583. The van der Waals surface area contributed by atoms with Crippen LogP contribution in [0.4, 0.5) is 0 Å². The van der Waals surface area contributed by atoms with Crippen molar-refractivity contribution in [2.75, 3.05) is 13.6 Å². The third-order valence-electron chi connectivity index (χ3n) is 2.97. The second-order valence-electron chi connectivity index (χ2n) is 4.60. The van der Waals surface area contributed by atoms with E-state index in [0.717, 1.165) is 15.8 Å². The van der Waals surface area contributed by atoms with E-state index in [1.54, 1.807) is 6.92 Å². The largest absolute Gasteiger partial charge is 0.481 e.